The number of anilines is 1. The number of amides is 1. The Bertz CT molecular complexity index is 1230. The molecule has 0 aliphatic carbocycles. The van der Waals surface area contributed by atoms with Gasteiger partial charge in [0.05, 0.1) is 16.8 Å². The maximum absolute atomic E-state index is 12.2. The Morgan fingerprint density at radius 1 is 1.03 bits per heavy atom. The molecule has 2 N–H and O–H groups in total. The van der Waals surface area contributed by atoms with E-state index in [1.165, 1.54) is 5.56 Å². The molecular formula is C25H27N5OS. The van der Waals surface area contributed by atoms with Crippen LogP contribution in [0, 0.1) is 6.92 Å². The third-order valence-corrected chi connectivity index (χ3v) is 5.41. The summed E-state index contributed by atoms with van der Waals surface area (Å²) in [7, 11) is 1.64. The average molecular weight is 446 g/mol. The second-order valence-corrected chi connectivity index (χ2v) is 7.62. The predicted octanol–water partition coefficient (Wildman–Crippen LogP) is 4.69. The van der Waals surface area contributed by atoms with Gasteiger partial charge in [0, 0.05) is 42.7 Å². The van der Waals surface area contributed by atoms with Crippen molar-refractivity contribution in [1.29, 1.82) is 0 Å². The molecule has 0 unspecified atom stereocenters. The number of nitrogens with one attached hydrogen (secondary N) is 2. The van der Waals surface area contributed by atoms with E-state index in [4.69, 9.17) is 0 Å². The number of carbonyl (C=O) groups excluding carboxylic acids is 1. The number of fused-ring (bicyclic) bond motifs is 1. The van der Waals surface area contributed by atoms with Crippen molar-refractivity contribution in [3.05, 3.63) is 83.8 Å². The summed E-state index contributed by atoms with van der Waals surface area (Å²) in [5, 5.41) is 6.97. The second kappa shape index (κ2) is 10.2. The van der Waals surface area contributed by atoms with E-state index >= 15 is 0 Å². The molecule has 6 nitrogen and oxygen atoms in total. The zero-order chi connectivity index (χ0) is 21.8. The third kappa shape index (κ3) is 4.89. The van der Waals surface area contributed by atoms with Crippen LogP contribution in [-0.2, 0) is 0 Å². The molecule has 4 rings (SSSR count). The van der Waals surface area contributed by atoms with E-state index in [0.29, 0.717) is 12.1 Å². The van der Waals surface area contributed by atoms with Crippen LogP contribution in [-0.4, -0.2) is 34.5 Å². The molecule has 1 amide bonds. The fraction of sp³-hybridized carbons (Fsp3) is 0.200. The molecule has 0 bridgehead atoms. The molecule has 0 aliphatic rings. The molecule has 0 spiro atoms. The predicted molar refractivity (Wildman–Crippen MR) is 135 cm³/mol. The molecular weight excluding hydrogens is 418 g/mol. The van der Waals surface area contributed by atoms with Gasteiger partial charge in [-0.1, -0.05) is 55.0 Å². The first-order valence-corrected chi connectivity index (χ1v) is 10.3. The van der Waals surface area contributed by atoms with Crippen molar-refractivity contribution in [3.8, 4) is 11.3 Å². The molecule has 0 aliphatic heterocycles. The van der Waals surface area contributed by atoms with Crippen LogP contribution >= 0.6 is 13.5 Å². The fourth-order valence-corrected chi connectivity index (χ4v) is 3.63. The molecule has 2 aromatic heterocycles. The Labute approximate surface area is 195 Å². The van der Waals surface area contributed by atoms with Crippen LogP contribution in [0.2, 0.25) is 0 Å². The van der Waals surface area contributed by atoms with Gasteiger partial charge in [0.15, 0.2) is 0 Å². The first-order valence-electron chi connectivity index (χ1n) is 10.3. The Balaban J connectivity index is 0.00000289. The maximum Gasteiger partial charge on any atom is 0.251 e. The molecule has 0 radical (unpaired) electrons. The van der Waals surface area contributed by atoms with Crippen molar-refractivity contribution < 1.29 is 4.79 Å². The third-order valence-electron chi connectivity index (χ3n) is 5.41. The molecule has 0 saturated carbocycles. The smallest absolute Gasteiger partial charge is 0.251 e. The Hall–Kier alpha value is -3.45. The van der Waals surface area contributed by atoms with Gasteiger partial charge in [-0.15, -0.1) is 0 Å². The minimum atomic E-state index is -0.111. The van der Waals surface area contributed by atoms with Crippen molar-refractivity contribution >= 4 is 36.1 Å². The van der Waals surface area contributed by atoms with Crippen LogP contribution in [0.3, 0.4) is 0 Å². The van der Waals surface area contributed by atoms with Gasteiger partial charge >= 0.3 is 0 Å². The quantitative estimate of drug-likeness (QED) is 0.450. The molecule has 4 aromatic rings. The number of nitrogens with zero attached hydrogens (tertiary/aromatic N) is 3. The first-order chi connectivity index (χ1) is 15.1. The number of pyridine rings is 1. The lowest BCUT2D eigenvalue weighted by molar-refractivity contribution is 0.0964. The summed E-state index contributed by atoms with van der Waals surface area (Å²) in [6.45, 7) is 4.88. The van der Waals surface area contributed by atoms with Gasteiger partial charge in [-0.05, 0) is 18.6 Å². The van der Waals surface area contributed by atoms with E-state index in [-0.39, 0.29) is 25.3 Å². The second-order valence-electron chi connectivity index (χ2n) is 7.62. The molecule has 2 heterocycles. The Morgan fingerprint density at radius 3 is 2.56 bits per heavy atom. The topological polar surface area (TPSA) is 79.8 Å². The molecule has 7 heteroatoms. The van der Waals surface area contributed by atoms with E-state index in [9.17, 15) is 4.79 Å². The number of hydrogen-bond acceptors (Lipinski definition) is 5. The average Bonchev–Trinajstić information content (AvgIpc) is 2.82. The SMILES string of the molecule is CNC(=O)c1ccnc2c([C@H](C)CNc3cc(-c4ccc(C)cc4)ncn3)cccc12.S. The minimum Gasteiger partial charge on any atom is -0.369 e. The number of aromatic nitrogens is 3. The van der Waals surface area contributed by atoms with Crippen LogP contribution in [0.1, 0.15) is 34.3 Å². The summed E-state index contributed by atoms with van der Waals surface area (Å²) in [4.78, 5) is 25.6. The number of carbonyl (C=O) groups is 1. The van der Waals surface area contributed by atoms with Crippen molar-refractivity contribution in [2.75, 3.05) is 18.9 Å². The summed E-state index contributed by atoms with van der Waals surface area (Å²) in [5.41, 5.74) is 5.72. The van der Waals surface area contributed by atoms with Crippen molar-refractivity contribution in [2.24, 2.45) is 0 Å². The van der Waals surface area contributed by atoms with Crippen molar-refractivity contribution in [2.45, 2.75) is 19.8 Å². The first kappa shape index (κ1) is 23.2. The summed E-state index contributed by atoms with van der Waals surface area (Å²) in [6, 6.07) is 18.0. The van der Waals surface area contributed by atoms with E-state index in [1.54, 1.807) is 25.6 Å². The van der Waals surface area contributed by atoms with Gasteiger partial charge < -0.3 is 10.6 Å². The number of rotatable bonds is 6. The van der Waals surface area contributed by atoms with Gasteiger partial charge in [0.1, 0.15) is 12.1 Å². The highest BCUT2D eigenvalue weighted by atomic mass is 32.1. The summed E-state index contributed by atoms with van der Waals surface area (Å²) >= 11 is 0. The van der Waals surface area contributed by atoms with Gasteiger partial charge in [-0.25, -0.2) is 9.97 Å². The molecule has 1 atom stereocenters. The Morgan fingerprint density at radius 2 is 1.81 bits per heavy atom. The number of benzene rings is 2. The lowest BCUT2D eigenvalue weighted by atomic mass is 9.96. The van der Waals surface area contributed by atoms with E-state index in [1.807, 2.05) is 18.2 Å². The van der Waals surface area contributed by atoms with E-state index in [0.717, 1.165) is 33.5 Å². The summed E-state index contributed by atoms with van der Waals surface area (Å²) in [6.07, 6.45) is 3.27. The lowest BCUT2D eigenvalue weighted by Crippen LogP contribution is -2.18. The standard InChI is InChI=1S/C25H25N5O.H2S/c1-16-7-9-18(10-8-16)22-13-23(30-15-29-22)28-14-17(2)19-5-4-6-20-21(25(31)26-3)11-12-27-24(19)20;/h4-13,15,17H,14H2,1-3H3,(H,26,31)(H,28,29,30);1H2/t17-;/m1./s1. The van der Waals surface area contributed by atoms with Gasteiger partial charge in [0.25, 0.3) is 5.91 Å². The molecule has 32 heavy (non-hydrogen) atoms. The molecule has 164 valence electrons. The highest BCUT2D eigenvalue weighted by molar-refractivity contribution is 7.59. The van der Waals surface area contributed by atoms with Crippen LogP contribution in [0.15, 0.2) is 67.1 Å². The van der Waals surface area contributed by atoms with Crippen molar-refractivity contribution in [1.82, 2.24) is 20.3 Å². The van der Waals surface area contributed by atoms with E-state index < -0.39 is 0 Å². The number of aryl methyl sites for hydroxylation is 1. The van der Waals surface area contributed by atoms with E-state index in [2.05, 4.69) is 69.8 Å². The Kier molecular flexibility index (Phi) is 7.43. The summed E-state index contributed by atoms with van der Waals surface area (Å²) in [5.74, 6) is 0.825. The zero-order valence-corrected chi connectivity index (χ0v) is 19.4. The van der Waals surface area contributed by atoms with Crippen LogP contribution in [0.25, 0.3) is 22.2 Å². The van der Waals surface area contributed by atoms with Crippen LogP contribution in [0.5, 0.6) is 0 Å². The highest BCUT2D eigenvalue weighted by Gasteiger charge is 2.15. The molecule has 2 aromatic carbocycles. The fourth-order valence-electron chi connectivity index (χ4n) is 3.63. The largest absolute Gasteiger partial charge is 0.369 e. The molecule has 0 fully saturated rings. The normalized spacial score (nSPS) is 11.5. The number of hydrogen-bond donors (Lipinski definition) is 2. The highest BCUT2D eigenvalue weighted by Crippen LogP contribution is 2.27. The molecule has 0 saturated heterocycles. The maximum atomic E-state index is 12.2. The monoisotopic (exact) mass is 445 g/mol. The van der Waals surface area contributed by atoms with Gasteiger partial charge in [-0.3, -0.25) is 9.78 Å². The van der Waals surface area contributed by atoms with Crippen LogP contribution < -0.4 is 10.6 Å². The van der Waals surface area contributed by atoms with Crippen molar-refractivity contribution in [3.63, 3.8) is 0 Å². The van der Waals surface area contributed by atoms with Gasteiger partial charge in [0.2, 0.25) is 0 Å². The van der Waals surface area contributed by atoms with Gasteiger partial charge in [-0.2, -0.15) is 13.5 Å². The minimum absolute atomic E-state index is 0. The zero-order valence-electron chi connectivity index (χ0n) is 18.4. The van der Waals surface area contributed by atoms with Crippen LogP contribution in [0.4, 0.5) is 5.82 Å². The summed E-state index contributed by atoms with van der Waals surface area (Å²) < 4.78 is 0. The number of para-hydroxylation sites is 1. The lowest BCUT2D eigenvalue weighted by Gasteiger charge is -2.16.